The summed E-state index contributed by atoms with van der Waals surface area (Å²) in [4.78, 5) is 121. The van der Waals surface area contributed by atoms with Gasteiger partial charge in [0.1, 0.15) is 16.9 Å². The number of H-pyrrole nitrogens is 1. The minimum absolute atomic E-state index is 0.000602. The minimum Gasteiger partial charge on any atom is -0.393 e. The van der Waals surface area contributed by atoms with Crippen molar-refractivity contribution in [3.05, 3.63) is 227 Å². The second-order valence-corrected chi connectivity index (χ2v) is 27.7. The molecule has 2 aliphatic heterocycles. The number of imide groups is 2. The van der Waals surface area contributed by atoms with E-state index in [-0.39, 0.29) is 77.7 Å². The molecule has 0 bridgehead atoms. The fourth-order valence-corrected chi connectivity index (χ4v) is 13.1. The SMILES string of the molecule is CS(=O)(=O)c1ncc2cc(-c3ccccc3Cl)c(=O)[nH]c2n1.CS(=O)(=O)c1ncc2cc(-c3ccccc3Cl)c(=O)n(CCN3C(=O)c4ccccc4C3=O)c2n1.O=C1c2ccccc2C(=O)N1CCn1c(=O)c(-c2ccccc2Cl)cc2cnc(NC3CCC(O)CC3)nc21. The third kappa shape index (κ3) is 13.3. The van der Waals surface area contributed by atoms with Gasteiger partial charge in [-0.25, -0.2) is 36.8 Å². The van der Waals surface area contributed by atoms with Gasteiger partial charge in [0.25, 0.3) is 40.3 Å². The predicted molar refractivity (Wildman–Crippen MR) is 361 cm³/mol. The summed E-state index contributed by atoms with van der Waals surface area (Å²) in [6.07, 6.45) is 9.01. The number of hydrogen-bond acceptors (Lipinski definition) is 19. The van der Waals surface area contributed by atoms with Crippen molar-refractivity contribution in [3.63, 3.8) is 0 Å². The fraction of sp³-hybridized carbons (Fsp3) is 0.179. The normalized spacial score (nSPS) is 15.3. The maximum Gasteiger partial charge on any atom is 0.261 e. The van der Waals surface area contributed by atoms with Crippen LogP contribution in [0.3, 0.4) is 0 Å². The molecule has 4 amide bonds. The van der Waals surface area contributed by atoms with Crippen molar-refractivity contribution in [1.82, 2.24) is 53.8 Å². The van der Waals surface area contributed by atoms with Gasteiger partial charge in [0, 0.05) is 128 Å². The number of nitrogens with zero attached hydrogens (tertiary/aromatic N) is 10. The van der Waals surface area contributed by atoms with E-state index in [1.807, 2.05) is 0 Å². The molecule has 1 saturated carbocycles. The van der Waals surface area contributed by atoms with E-state index in [0.29, 0.717) is 106 Å². The van der Waals surface area contributed by atoms with E-state index < -0.39 is 47.8 Å². The molecule has 486 valence electrons. The highest BCUT2D eigenvalue weighted by Gasteiger charge is 2.37. The Morgan fingerprint density at radius 1 is 0.458 bits per heavy atom. The molecule has 1 aliphatic carbocycles. The first-order valence-corrected chi connectivity index (χ1v) is 34.6. The number of halogens is 3. The van der Waals surface area contributed by atoms with Gasteiger partial charge in [-0.05, 0) is 86.3 Å². The Bertz CT molecular complexity index is 5400. The Morgan fingerprint density at radius 2 is 0.823 bits per heavy atom. The van der Waals surface area contributed by atoms with Crippen LogP contribution in [0.4, 0.5) is 5.95 Å². The molecular weight excluding hydrogens is 1340 g/mol. The van der Waals surface area contributed by atoms with Gasteiger partial charge < -0.3 is 15.4 Å². The lowest BCUT2D eigenvalue weighted by atomic mass is 9.93. The quantitative estimate of drug-likeness (QED) is 0.0716. The summed E-state index contributed by atoms with van der Waals surface area (Å²) in [6.45, 7) is -0.184. The zero-order valence-electron chi connectivity index (χ0n) is 50.7. The fourth-order valence-electron chi connectivity index (χ4n) is 11.4. The number of carbonyl (C=O) groups excluding carboxylic acids is 4. The number of rotatable bonds is 13. The van der Waals surface area contributed by atoms with Crippen LogP contribution in [0.15, 0.2) is 183 Å². The first-order valence-electron chi connectivity index (χ1n) is 29.6. The van der Waals surface area contributed by atoms with Crippen LogP contribution in [-0.4, -0.2) is 137 Å². The number of fused-ring (bicyclic) bond motifs is 5. The van der Waals surface area contributed by atoms with E-state index in [4.69, 9.17) is 34.8 Å². The second kappa shape index (κ2) is 26.9. The first kappa shape index (κ1) is 65.8. The van der Waals surface area contributed by atoms with Crippen molar-refractivity contribution in [2.45, 2.75) is 61.2 Å². The molecule has 5 aromatic carbocycles. The van der Waals surface area contributed by atoms with Crippen LogP contribution < -0.4 is 22.0 Å². The van der Waals surface area contributed by atoms with Gasteiger partial charge in [-0.3, -0.25) is 52.5 Å². The molecule has 11 aromatic rings. The molecule has 96 heavy (non-hydrogen) atoms. The second-order valence-electron chi connectivity index (χ2n) is 22.7. The first-order chi connectivity index (χ1) is 45.9. The van der Waals surface area contributed by atoms with Gasteiger partial charge in [-0.2, -0.15) is 9.97 Å². The number of hydrogen-bond donors (Lipinski definition) is 3. The summed E-state index contributed by atoms with van der Waals surface area (Å²) in [5, 5.41) is 15.1. The van der Waals surface area contributed by atoms with Gasteiger partial charge in [-0.15, -0.1) is 0 Å². The minimum atomic E-state index is -3.75. The molecule has 8 heterocycles. The number of aromatic nitrogens is 9. The Labute approximate surface area is 560 Å². The van der Waals surface area contributed by atoms with Gasteiger partial charge in [0.15, 0.2) is 0 Å². The summed E-state index contributed by atoms with van der Waals surface area (Å²) < 4.78 is 49.8. The number of carbonyl (C=O) groups is 4. The summed E-state index contributed by atoms with van der Waals surface area (Å²) in [5.41, 5.74) is 3.31. The zero-order valence-corrected chi connectivity index (χ0v) is 54.6. The van der Waals surface area contributed by atoms with Crippen LogP contribution in [0, 0.1) is 0 Å². The van der Waals surface area contributed by atoms with Crippen molar-refractivity contribution in [3.8, 4) is 33.4 Å². The monoisotopic (exact) mass is 1390 g/mol. The number of benzene rings is 5. The Hall–Kier alpha value is -10.2. The smallest absolute Gasteiger partial charge is 0.261 e. The lowest BCUT2D eigenvalue weighted by molar-refractivity contribution is 0.0633. The topological polar surface area (TPSA) is 329 Å². The maximum absolute atomic E-state index is 13.9. The molecule has 0 radical (unpaired) electrons. The molecule has 3 N–H and O–H groups in total. The molecule has 29 heteroatoms. The number of nitrogens with one attached hydrogen (secondary N) is 2. The maximum atomic E-state index is 13.9. The van der Waals surface area contributed by atoms with E-state index >= 15 is 0 Å². The lowest BCUT2D eigenvalue weighted by Gasteiger charge is -2.26. The van der Waals surface area contributed by atoms with E-state index in [2.05, 4.69) is 40.2 Å². The summed E-state index contributed by atoms with van der Waals surface area (Å²) in [5.74, 6) is -1.31. The molecule has 3 aliphatic rings. The number of aliphatic hydroxyl groups excluding tert-OH is 1. The van der Waals surface area contributed by atoms with Gasteiger partial charge in [-0.1, -0.05) is 114 Å². The highest BCUT2D eigenvalue weighted by Crippen LogP contribution is 2.32. The number of aromatic amines is 1. The van der Waals surface area contributed by atoms with Gasteiger partial charge >= 0.3 is 0 Å². The largest absolute Gasteiger partial charge is 0.393 e. The Balaban J connectivity index is 0.000000143. The molecule has 0 atom stereocenters. The number of pyridine rings is 3. The molecule has 24 nitrogen and oxygen atoms in total. The van der Waals surface area contributed by atoms with Gasteiger partial charge in [0.05, 0.1) is 28.4 Å². The Kier molecular flexibility index (Phi) is 18.4. The number of amides is 4. The van der Waals surface area contributed by atoms with E-state index in [1.54, 1.807) is 146 Å². The Morgan fingerprint density at radius 3 is 1.25 bits per heavy atom. The average molecular weight is 1390 g/mol. The van der Waals surface area contributed by atoms with Crippen molar-refractivity contribution < 1.29 is 41.1 Å². The molecule has 0 unspecified atom stereocenters. The van der Waals surface area contributed by atoms with Crippen LogP contribution in [0.25, 0.3) is 66.5 Å². The number of aliphatic hydroxyl groups is 1. The summed E-state index contributed by atoms with van der Waals surface area (Å²) in [7, 11) is -7.30. The van der Waals surface area contributed by atoms with Crippen LogP contribution >= 0.6 is 34.8 Å². The summed E-state index contributed by atoms with van der Waals surface area (Å²) >= 11 is 18.9. The average Bonchev–Trinajstić information content (AvgIpc) is 0.802. The molecule has 1 fully saturated rings. The number of anilines is 1. The van der Waals surface area contributed by atoms with E-state index in [1.165, 1.54) is 26.4 Å². The third-order valence-corrected chi connectivity index (χ3v) is 18.9. The van der Waals surface area contributed by atoms with Crippen molar-refractivity contribution in [1.29, 1.82) is 0 Å². The predicted octanol–water partition coefficient (Wildman–Crippen LogP) is 8.98. The van der Waals surface area contributed by atoms with Crippen LogP contribution in [0.1, 0.15) is 67.1 Å². The number of sulfone groups is 2. The van der Waals surface area contributed by atoms with Gasteiger partial charge in [0.2, 0.25) is 35.9 Å². The van der Waals surface area contributed by atoms with Crippen molar-refractivity contribution in [2.24, 2.45) is 0 Å². The van der Waals surface area contributed by atoms with E-state index in [0.717, 1.165) is 30.3 Å². The molecular formula is C67H53Cl3N12O12S2. The van der Waals surface area contributed by atoms with Crippen LogP contribution in [0.5, 0.6) is 0 Å². The molecule has 0 saturated heterocycles. The lowest BCUT2D eigenvalue weighted by Crippen LogP contribution is -2.35. The standard InChI is InChI=1S/C29H26ClN5O4.C24H17ClN4O5S.C14H10ClN3O3S/c30-24-8-4-3-5-20(24)23-15-17-16-31-29(32-18-9-11-19(36)12-10-18)33-25(17)34(28(23)39)13-14-35-26(37)21-6-1-2-7-22(21)27(35)38;1-35(33,34)24-26-13-14-12-18(15-6-4-5-9-19(15)25)23(32)28(20(14)27-24)10-11-29-21(30)16-7-2-3-8-17(16)22(29)31;1-22(20,21)14-16-7-8-6-10(13(19)17-12(8)18-14)9-4-2-3-5-11(9)15/h1-8,15-16,18-19,36H,9-14H2,(H,31,32,33);2-9,12-13H,10-11H2,1H3;2-7H,1H3,(H,16,17,18,19). The molecule has 14 rings (SSSR count). The highest BCUT2D eigenvalue weighted by atomic mass is 35.5. The molecule has 0 spiro atoms. The van der Waals surface area contributed by atoms with Crippen LogP contribution in [0.2, 0.25) is 15.1 Å². The van der Waals surface area contributed by atoms with E-state index in [9.17, 15) is 55.5 Å². The van der Waals surface area contributed by atoms with Crippen molar-refractivity contribution >= 4 is 117 Å². The third-order valence-electron chi connectivity index (χ3n) is 16.2. The molecule has 6 aromatic heterocycles. The highest BCUT2D eigenvalue weighted by molar-refractivity contribution is 7.90. The zero-order chi connectivity index (χ0) is 67.9. The van der Waals surface area contributed by atoms with Crippen molar-refractivity contribution in [2.75, 3.05) is 30.9 Å². The summed E-state index contributed by atoms with van der Waals surface area (Å²) in [6, 6.07) is 39.0. The van der Waals surface area contributed by atoms with Crippen LogP contribution in [-0.2, 0) is 32.8 Å².